The fraction of sp³-hybridized carbons (Fsp3) is 0.0690. The number of aromatic nitrogens is 4. The van der Waals surface area contributed by atoms with Gasteiger partial charge in [0.1, 0.15) is 23.3 Å². The monoisotopic (exact) mass is 820 g/mol. The molecule has 1 aliphatic carbocycles. The number of allylic oxidation sites excluding steroid dienone is 1. The highest BCUT2D eigenvalue weighted by atomic mass is 15.1. The zero-order chi connectivity index (χ0) is 43.1. The van der Waals surface area contributed by atoms with E-state index in [9.17, 15) is 10.5 Å². The van der Waals surface area contributed by atoms with Crippen molar-refractivity contribution in [2.24, 2.45) is 0 Å². The van der Waals surface area contributed by atoms with Crippen molar-refractivity contribution >= 4 is 82.4 Å². The smallest absolute Gasteiger partial charge is 0.104 e. The molecule has 0 radical (unpaired) electrons. The molecule has 0 amide bonds. The maximum atomic E-state index is 12.3. The second-order valence-electron chi connectivity index (χ2n) is 16.1. The molecular formula is C58H40N6. The van der Waals surface area contributed by atoms with E-state index in [0.29, 0.717) is 33.9 Å². The van der Waals surface area contributed by atoms with Gasteiger partial charge in [-0.05, 0) is 66.9 Å². The van der Waals surface area contributed by atoms with E-state index in [4.69, 9.17) is 0 Å². The number of nitrogens with zero attached hydrogens (tertiary/aromatic N) is 6. The van der Waals surface area contributed by atoms with Gasteiger partial charge in [-0.3, -0.25) is 0 Å². The maximum absolute atomic E-state index is 12.3. The summed E-state index contributed by atoms with van der Waals surface area (Å²) in [4.78, 5) is 0. The van der Waals surface area contributed by atoms with Gasteiger partial charge in [-0.15, -0.1) is 0 Å². The Labute approximate surface area is 369 Å². The first-order valence-corrected chi connectivity index (χ1v) is 22.1. The summed E-state index contributed by atoms with van der Waals surface area (Å²) in [5, 5.41) is 32.1. The molecule has 0 fully saturated rings. The second-order valence-corrected chi connectivity index (χ2v) is 16.1. The normalized spacial score (nSPS) is 12.3. The van der Waals surface area contributed by atoms with E-state index in [1.54, 1.807) is 0 Å². The second kappa shape index (κ2) is 14.5. The molecule has 0 saturated carbocycles. The predicted octanol–water partition coefficient (Wildman–Crippen LogP) is 14.7. The van der Waals surface area contributed by atoms with E-state index in [-0.39, 0.29) is 0 Å². The highest BCUT2D eigenvalue weighted by Crippen LogP contribution is 2.48. The minimum absolute atomic E-state index is 0.459. The van der Waals surface area contributed by atoms with Gasteiger partial charge in [0.25, 0.3) is 0 Å². The lowest BCUT2D eigenvalue weighted by molar-refractivity contribution is 0.954. The number of rotatable bonds is 4. The van der Waals surface area contributed by atoms with Gasteiger partial charge in [-0.1, -0.05) is 147 Å². The Morgan fingerprint density at radius 1 is 0.359 bits per heavy atom. The number of hydrogen-bond acceptors (Lipinski definition) is 2. The van der Waals surface area contributed by atoms with Gasteiger partial charge in [-0.2, -0.15) is 10.5 Å². The Morgan fingerprint density at radius 2 is 0.625 bits per heavy atom. The summed E-state index contributed by atoms with van der Waals surface area (Å²) in [6, 6.07) is 64.8. The fourth-order valence-corrected chi connectivity index (χ4v) is 10.7. The topological polar surface area (TPSA) is 67.3 Å². The molecule has 8 aromatic carbocycles. The predicted molar refractivity (Wildman–Crippen MR) is 264 cm³/mol. The number of nitriles is 2. The molecule has 12 aromatic rings. The van der Waals surface area contributed by atoms with Crippen molar-refractivity contribution in [2.45, 2.75) is 26.7 Å². The summed E-state index contributed by atoms with van der Waals surface area (Å²) >= 11 is 0. The first-order valence-electron chi connectivity index (χ1n) is 22.1. The Kier molecular flexibility index (Phi) is 8.44. The van der Waals surface area contributed by atoms with Crippen LogP contribution in [0.2, 0.25) is 0 Å². The zero-order valence-electron chi connectivity index (χ0n) is 35.4. The van der Waals surface area contributed by atoms with Gasteiger partial charge in [0.15, 0.2) is 0 Å². The molecule has 1 aliphatic rings. The lowest BCUT2D eigenvalue weighted by atomic mass is 9.98. The molecule has 0 atom stereocenters. The van der Waals surface area contributed by atoms with Gasteiger partial charge < -0.3 is 18.3 Å². The molecular weight excluding hydrogens is 781 g/mol. The number of fused-ring (bicyclic) bond motifs is 12. The lowest BCUT2D eigenvalue weighted by Gasteiger charge is -2.27. The van der Waals surface area contributed by atoms with Crippen molar-refractivity contribution in [3.05, 3.63) is 198 Å². The maximum Gasteiger partial charge on any atom is 0.104 e. The molecule has 0 N–H and O–H groups in total. The summed E-state index contributed by atoms with van der Waals surface area (Å²) in [5.74, 6) is 0. The first-order chi connectivity index (χ1) is 31.8. The molecule has 0 unspecified atom stereocenters. The average Bonchev–Trinajstić information content (AvgIpc) is 4.09. The number of hydrogen-bond donors (Lipinski definition) is 0. The van der Waals surface area contributed by atoms with E-state index < -0.39 is 0 Å². The van der Waals surface area contributed by atoms with Crippen LogP contribution in [0.4, 0.5) is 0 Å². The Morgan fingerprint density at radius 3 is 0.938 bits per heavy atom. The Hall–Kier alpha value is -8.58. The van der Waals surface area contributed by atoms with Crippen LogP contribution in [-0.2, 0) is 6.42 Å². The van der Waals surface area contributed by atoms with Crippen LogP contribution in [0.25, 0.3) is 105 Å². The number of para-hydroxylation sites is 7. The molecule has 4 aromatic heterocycles. The zero-order valence-corrected chi connectivity index (χ0v) is 35.4. The molecule has 4 heterocycles. The average molecular weight is 821 g/mol. The van der Waals surface area contributed by atoms with Crippen molar-refractivity contribution < 1.29 is 0 Å². The Bertz CT molecular complexity index is 3860. The highest BCUT2D eigenvalue weighted by Gasteiger charge is 2.35. The third kappa shape index (κ3) is 5.00. The van der Waals surface area contributed by atoms with E-state index in [1.165, 1.54) is 5.56 Å². The molecule has 64 heavy (non-hydrogen) atoms. The highest BCUT2D eigenvalue weighted by molar-refractivity contribution is 6.14. The van der Waals surface area contributed by atoms with Crippen molar-refractivity contribution in [3.8, 4) is 34.9 Å². The van der Waals surface area contributed by atoms with E-state index in [2.05, 4.69) is 212 Å². The lowest BCUT2D eigenvalue weighted by Crippen LogP contribution is -2.17. The van der Waals surface area contributed by atoms with Crippen LogP contribution >= 0.6 is 0 Å². The van der Waals surface area contributed by atoms with Gasteiger partial charge >= 0.3 is 0 Å². The van der Waals surface area contributed by atoms with Gasteiger partial charge in [0.2, 0.25) is 0 Å². The van der Waals surface area contributed by atoms with Crippen LogP contribution in [0.3, 0.4) is 0 Å². The molecule has 0 spiro atoms. The van der Waals surface area contributed by atoms with Gasteiger partial charge in [0.05, 0.1) is 61.4 Å². The van der Waals surface area contributed by atoms with Crippen LogP contribution < -0.4 is 0 Å². The van der Waals surface area contributed by atoms with E-state index in [1.807, 2.05) is 13.8 Å². The minimum Gasteiger partial charge on any atom is -0.306 e. The first kappa shape index (κ1) is 37.2. The van der Waals surface area contributed by atoms with Crippen molar-refractivity contribution in [3.63, 3.8) is 0 Å². The fourth-order valence-electron chi connectivity index (χ4n) is 10.7. The Balaban J connectivity index is 0.00000214. The van der Waals surface area contributed by atoms with Crippen LogP contribution in [0.15, 0.2) is 176 Å². The minimum atomic E-state index is 0.459. The number of benzene rings is 8. The van der Waals surface area contributed by atoms with Gasteiger partial charge in [0, 0.05) is 43.4 Å². The quantitative estimate of drug-likeness (QED) is 0.177. The summed E-state index contributed by atoms with van der Waals surface area (Å²) < 4.78 is 9.02. The summed E-state index contributed by atoms with van der Waals surface area (Å²) in [6.07, 6.45) is 6.24. The van der Waals surface area contributed by atoms with Gasteiger partial charge in [-0.25, -0.2) is 0 Å². The summed E-state index contributed by atoms with van der Waals surface area (Å²) in [7, 11) is 0. The molecule has 6 heteroatoms. The molecule has 0 saturated heterocycles. The third-order valence-electron chi connectivity index (χ3n) is 13.1. The molecule has 13 rings (SSSR count). The van der Waals surface area contributed by atoms with Crippen molar-refractivity contribution in [1.82, 2.24) is 18.3 Å². The van der Waals surface area contributed by atoms with Crippen molar-refractivity contribution in [1.29, 1.82) is 10.5 Å². The van der Waals surface area contributed by atoms with E-state index in [0.717, 1.165) is 94.9 Å². The number of aryl methyl sites for hydroxylation is 1. The largest absolute Gasteiger partial charge is 0.306 e. The molecule has 0 aliphatic heterocycles. The van der Waals surface area contributed by atoms with Crippen LogP contribution in [0, 0.1) is 22.7 Å². The molecule has 302 valence electrons. The van der Waals surface area contributed by atoms with E-state index >= 15 is 0 Å². The van der Waals surface area contributed by atoms with Crippen LogP contribution in [0.1, 0.15) is 42.7 Å². The summed E-state index contributed by atoms with van der Waals surface area (Å²) in [6.45, 7) is 4.00. The molecule has 0 bridgehead atoms. The third-order valence-corrected chi connectivity index (χ3v) is 13.1. The van der Waals surface area contributed by atoms with Crippen molar-refractivity contribution in [2.75, 3.05) is 0 Å². The SMILES string of the molecule is CC.N#Cc1c(-n2c3c(c4ccccc42)CCC=C3)c(-n2c3ccccc3c3ccccc32)c(C#N)c(-n2c3ccccc3c3ccccc32)c1-n1c2ccccc2c2ccccc21. The standard InChI is InChI=1S/C56H34N6.C2H6/c57-33-43-53(59-45-25-9-1-17-35(45)36-18-2-10-26-46(36)59)54(60-47-27-11-3-19-37(47)38-20-4-12-28-48(38)60)44(34-58)56(62-51-31-15-7-23-41(51)42-24-8-16-32-52(42)62)55(43)61-49-29-13-5-21-39(49)40-22-6-14-30-50(40)61;1-2/h1-7,9-23,25-32H,8,24H2;1-2H3. The van der Waals surface area contributed by atoms with Crippen LogP contribution in [-0.4, -0.2) is 18.3 Å². The van der Waals surface area contributed by atoms with Crippen LogP contribution in [0.5, 0.6) is 0 Å². The molecule has 6 nitrogen and oxygen atoms in total. The summed E-state index contributed by atoms with van der Waals surface area (Å²) in [5.41, 5.74) is 12.5.